The topological polar surface area (TPSA) is 40.5 Å². The number of benzene rings is 2. The number of hydrogen-bond acceptors (Lipinski definition) is 2. The quantitative estimate of drug-likeness (QED) is 0.689. The lowest BCUT2D eigenvalue weighted by molar-refractivity contribution is 0.338. The second-order valence-corrected chi connectivity index (χ2v) is 6.55. The van der Waals surface area contributed by atoms with Crippen LogP contribution in [0.1, 0.15) is 51.7 Å². The molecule has 0 fully saturated rings. The summed E-state index contributed by atoms with van der Waals surface area (Å²) >= 11 is 0. The fourth-order valence-electron chi connectivity index (χ4n) is 1.42. The van der Waals surface area contributed by atoms with E-state index in [1.807, 2.05) is 38.1 Å². The van der Waals surface area contributed by atoms with Crippen LogP contribution < -0.4 is 0 Å². The van der Waals surface area contributed by atoms with Gasteiger partial charge in [0.2, 0.25) is 0 Å². The lowest BCUT2D eigenvalue weighted by atomic mass is 9.88. The Balaban J connectivity index is 0.000000317. The molecule has 2 N–H and O–H groups in total. The number of aryl methyl sites for hydroxylation is 2. The SMILES string of the molecule is CCC(C)(C)CC.Cc1ccc(O)cc1.Cc1cccc(O)c1. The fraction of sp³-hybridized carbons (Fsp3) is 0.429. The highest BCUT2D eigenvalue weighted by Gasteiger charge is 2.09. The van der Waals surface area contributed by atoms with E-state index < -0.39 is 0 Å². The van der Waals surface area contributed by atoms with Crippen molar-refractivity contribution in [3.8, 4) is 11.5 Å². The van der Waals surface area contributed by atoms with Crippen molar-refractivity contribution in [2.75, 3.05) is 0 Å². The number of phenols is 2. The fourth-order valence-corrected chi connectivity index (χ4v) is 1.42. The molecule has 2 nitrogen and oxygen atoms in total. The predicted octanol–water partition coefficient (Wildman–Crippen LogP) is 6.23. The van der Waals surface area contributed by atoms with E-state index in [0.717, 1.165) is 5.56 Å². The van der Waals surface area contributed by atoms with Gasteiger partial charge in [-0.2, -0.15) is 0 Å². The Bertz CT molecular complexity index is 498. The van der Waals surface area contributed by atoms with E-state index in [9.17, 15) is 0 Å². The molecule has 0 saturated heterocycles. The maximum absolute atomic E-state index is 8.81. The second kappa shape index (κ2) is 10.7. The summed E-state index contributed by atoms with van der Waals surface area (Å²) in [5, 5.41) is 17.6. The van der Waals surface area contributed by atoms with Gasteiger partial charge in [-0.05, 0) is 49.1 Å². The molecular formula is C21H32O2. The third-order valence-corrected chi connectivity index (χ3v) is 3.95. The Kier molecular flexibility index (Phi) is 9.80. The molecule has 0 spiro atoms. The molecule has 2 heteroatoms. The van der Waals surface area contributed by atoms with E-state index in [0.29, 0.717) is 16.9 Å². The van der Waals surface area contributed by atoms with Crippen LogP contribution in [0.2, 0.25) is 0 Å². The Hall–Kier alpha value is -1.96. The van der Waals surface area contributed by atoms with Crippen LogP contribution in [-0.4, -0.2) is 10.2 Å². The minimum Gasteiger partial charge on any atom is -0.508 e. The van der Waals surface area contributed by atoms with Gasteiger partial charge in [0.15, 0.2) is 0 Å². The molecule has 0 aliphatic heterocycles. The van der Waals surface area contributed by atoms with Crippen LogP contribution >= 0.6 is 0 Å². The van der Waals surface area contributed by atoms with Crippen LogP contribution in [0, 0.1) is 19.3 Å². The van der Waals surface area contributed by atoms with E-state index in [1.54, 1.807) is 24.3 Å². The van der Waals surface area contributed by atoms with Gasteiger partial charge < -0.3 is 10.2 Å². The van der Waals surface area contributed by atoms with Gasteiger partial charge in [0.05, 0.1) is 0 Å². The molecule has 0 heterocycles. The Morgan fingerprint density at radius 2 is 1.26 bits per heavy atom. The standard InChI is InChI=1S/2C7H8O.C7H16/c1-6-2-4-7(8)5-3-6;1-6-3-2-4-7(8)5-6;1-5-7(3,4)6-2/h2*2-5,8H,1H3;5-6H2,1-4H3. The number of phenolic OH excluding ortho intramolecular Hbond substituents is 2. The highest BCUT2D eigenvalue weighted by atomic mass is 16.3. The van der Waals surface area contributed by atoms with Crippen molar-refractivity contribution in [2.24, 2.45) is 5.41 Å². The molecule has 0 atom stereocenters. The van der Waals surface area contributed by atoms with Crippen molar-refractivity contribution < 1.29 is 10.2 Å². The van der Waals surface area contributed by atoms with Gasteiger partial charge in [-0.3, -0.25) is 0 Å². The molecular weight excluding hydrogens is 284 g/mol. The molecule has 0 radical (unpaired) electrons. The average Bonchev–Trinajstić information content (AvgIpc) is 2.51. The molecule has 0 aliphatic carbocycles. The van der Waals surface area contributed by atoms with Crippen molar-refractivity contribution in [3.63, 3.8) is 0 Å². The van der Waals surface area contributed by atoms with Crippen molar-refractivity contribution in [1.29, 1.82) is 0 Å². The first kappa shape index (κ1) is 21.0. The third-order valence-electron chi connectivity index (χ3n) is 3.95. The molecule has 0 bridgehead atoms. The van der Waals surface area contributed by atoms with Crippen LogP contribution in [0.3, 0.4) is 0 Å². The lowest BCUT2D eigenvalue weighted by Gasteiger charge is -2.18. The minimum atomic E-state index is 0.329. The Morgan fingerprint density at radius 3 is 1.52 bits per heavy atom. The molecule has 0 aliphatic rings. The number of aromatic hydroxyl groups is 2. The summed E-state index contributed by atoms with van der Waals surface area (Å²) in [6.45, 7) is 13.0. The van der Waals surface area contributed by atoms with E-state index in [-0.39, 0.29) is 0 Å². The summed E-state index contributed by atoms with van der Waals surface area (Å²) in [6, 6.07) is 14.2. The predicted molar refractivity (Wildman–Crippen MR) is 100 cm³/mol. The molecule has 2 rings (SSSR count). The number of hydrogen-bond donors (Lipinski definition) is 2. The molecule has 0 amide bonds. The minimum absolute atomic E-state index is 0.329. The highest BCUT2D eigenvalue weighted by molar-refractivity contribution is 5.25. The Labute approximate surface area is 141 Å². The molecule has 2 aromatic rings. The summed E-state index contributed by atoms with van der Waals surface area (Å²) in [7, 11) is 0. The first-order valence-electron chi connectivity index (χ1n) is 8.21. The van der Waals surface area contributed by atoms with Crippen molar-refractivity contribution in [3.05, 3.63) is 59.7 Å². The van der Waals surface area contributed by atoms with Gasteiger partial charge in [0.25, 0.3) is 0 Å². The van der Waals surface area contributed by atoms with Crippen molar-refractivity contribution in [2.45, 2.75) is 54.4 Å². The Morgan fingerprint density at radius 1 is 0.739 bits per heavy atom. The number of rotatable bonds is 2. The molecule has 23 heavy (non-hydrogen) atoms. The van der Waals surface area contributed by atoms with Crippen molar-refractivity contribution >= 4 is 0 Å². The molecule has 0 aromatic heterocycles. The summed E-state index contributed by atoms with van der Waals surface area (Å²) in [5.74, 6) is 0.667. The van der Waals surface area contributed by atoms with Gasteiger partial charge in [-0.1, -0.05) is 70.4 Å². The van der Waals surface area contributed by atoms with Crippen LogP contribution in [0.25, 0.3) is 0 Å². The van der Waals surface area contributed by atoms with Gasteiger partial charge in [0.1, 0.15) is 11.5 Å². The maximum atomic E-state index is 8.81. The first-order valence-corrected chi connectivity index (χ1v) is 8.21. The zero-order valence-electron chi connectivity index (χ0n) is 15.4. The van der Waals surface area contributed by atoms with E-state index in [2.05, 4.69) is 27.7 Å². The maximum Gasteiger partial charge on any atom is 0.115 e. The zero-order chi connectivity index (χ0) is 17.9. The van der Waals surface area contributed by atoms with Crippen molar-refractivity contribution in [1.82, 2.24) is 0 Å². The summed E-state index contributed by atoms with van der Waals surface area (Å²) in [4.78, 5) is 0. The van der Waals surface area contributed by atoms with Gasteiger partial charge >= 0.3 is 0 Å². The van der Waals surface area contributed by atoms with E-state index in [4.69, 9.17) is 10.2 Å². The smallest absolute Gasteiger partial charge is 0.115 e. The van der Waals surface area contributed by atoms with E-state index >= 15 is 0 Å². The normalized spacial score (nSPS) is 10.0. The van der Waals surface area contributed by atoms with Gasteiger partial charge in [-0.25, -0.2) is 0 Å². The molecule has 128 valence electrons. The monoisotopic (exact) mass is 316 g/mol. The summed E-state index contributed by atoms with van der Waals surface area (Å²) in [5.41, 5.74) is 2.84. The van der Waals surface area contributed by atoms with Crippen LogP contribution in [-0.2, 0) is 0 Å². The molecule has 0 unspecified atom stereocenters. The molecule has 0 saturated carbocycles. The average molecular weight is 316 g/mol. The summed E-state index contributed by atoms with van der Waals surface area (Å²) in [6.07, 6.45) is 2.59. The van der Waals surface area contributed by atoms with E-state index in [1.165, 1.54) is 18.4 Å². The van der Waals surface area contributed by atoms with Crippen LogP contribution in [0.15, 0.2) is 48.5 Å². The van der Waals surface area contributed by atoms with Gasteiger partial charge in [0, 0.05) is 0 Å². The largest absolute Gasteiger partial charge is 0.508 e. The van der Waals surface area contributed by atoms with Gasteiger partial charge in [-0.15, -0.1) is 0 Å². The van der Waals surface area contributed by atoms with Crippen LogP contribution in [0.4, 0.5) is 0 Å². The second-order valence-electron chi connectivity index (χ2n) is 6.55. The summed E-state index contributed by atoms with van der Waals surface area (Å²) < 4.78 is 0. The van der Waals surface area contributed by atoms with Crippen LogP contribution in [0.5, 0.6) is 11.5 Å². The third kappa shape index (κ3) is 11.3. The molecule has 2 aromatic carbocycles. The highest BCUT2D eigenvalue weighted by Crippen LogP contribution is 2.22. The zero-order valence-corrected chi connectivity index (χ0v) is 15.4. The first-order chi connectivity index (χ1) is 10.7. The lowest BCUT2D eigenvalue weighted by Crippen LogP contribution is -2.05.